The number of carbonyl (C=O) groups is 1. The van der Waals surface area contributed by atoms with Gasteiger partial charge in [0.2, 0.25) is 5.91 Å². The maximum atomic E-state index is 12.8. The molecule has 0 aliphatic rings. The summed E-state index contributed by atoms with van der Waals surface area (Å²) in [7, 11) is 0. The molecule has 0 bridgehead atoms. The molecule has 0 radical (unpaired) electrons. The number of benzene rings is 3. The number of hydrogen-bond donors (Lipinski definition) is 1. The Bertz CT molecular complexity index is 1260. The fourth-order valence-corrected chi connectivity index (χ4v) is 5.30. The van der Waals surface area contributed by atoms with E-state index in [1.165, 1.54) is 17.3 Å². The topological polar surface area (TPSA) is 59.8 Å². The second-order valence-electron chi connectivity index (χ2n) is 8.17. The summed E-state index contributed by atoms with van der Waals surface area (Å²) < 4.78 is 3.06. The van der Waals surface area contributed by atoms with Crippen LogP contribution < -0.4 is 5.32 Å². The molecule has 0 unspecified atom stereocenters. The van der Waals surface area contributed by atoms with Gasteiger partial charge in [0.05, 0.1) is 5.75 Å². The van der Waals surface area contributed by atoms with Gasteiger partial charge in [0.25, 0.3) is 0 Å². The Morgan fingerprint density at radius 2 is 1.65 bits per heavy atom. The first-order valence-corrected chi connectivity index (χ1v) is 13.0. The van der Waals surface area contributed by atoms with Gasteiger partial charge in [-0.25, -0.2) is 0 Å². The molecule has 34 heavy (non-hydrogen) atoms. The van der Waals surface area contributed by atoms with E-state index < -0.39 is 0 Å². The lowest BCUT2D eigenvalue weighted by Crippen LogP contribution is -2.16. The minimum absolute atomic E-state index is 0.0704. The van der Waals surface area contributed by atoms with E-state index >= 15 is 0 Å². The molecule has 0 aliphatic carbocycles. The van der Waals surface area contributed by atoms with Gasteiger partial charge in [0.1, 0.15) is 5.82 Å². The van der Waals surface area contributed by atoms with E-state index in [0.29, 0.717) is 11.6 Å². The number of anilines is 1. The van der Waals surface area contributed by atoms with Crippen molar-refractivity contribution in [1.82, 2.24) is 14.8 Å². The molecule has 1 aromatic heterocycles. The van der Waals surface area contributed by atoms with E-state index in [4.69, 9.17) is 0 Å². The summed E-state index contributed by atoms with van der Waals surface area (Å²) in [6, 6.07) is 22.7. The minimum Gasteiger partial charge on any atom is -0.325 e. The van der Waals surface area contributed by atoms with Crippen LogP contribution in [0.1, 0.15) is 35.0 Å². The van der Waals surface area contributed by atoms with Gasteiger partial charge in [-0.15, -0.1) is 10.2 Å². The van der Waals surface area contributed by atoms with Gasteiger partial charge in [-0.2, -0.15) is 0 Å². The summed E-state index contributed by atoms with van der Waals surface area (Å²) in [6.45, 7) is 6.13. The lowest BCUT2D eigenvalue weighted by Gasteiger charge is -2.13. The van der Waals surface area contributed by atoms with Crippen LogP contribution in [0.2, 0.25) is 0 Å². The molecule has 0 atom stereocenters. The first kappa shape index (κ1) is 24.2. The highest BCUT2D eigenvalue weighted by atomic mass is 79.9. The number of aryl methyl sites for hydroxylation is 3. The Kier molecular flexibility index (Phi) is 7.85. The lowest BCUT2D eigenvalue weighted by molar-refractivity contribution is -0.113. The zero-order valence-electron chi connectivity index (χ0n) is 19.5. The Balaban J connectivity index is 1.56. The second kappa shape index (κ2) is 11.0. The Hall–Kier alpha value is -2.90. The van der Waals surface area contributed by atoms with Gasteiger partial charge in [-0.1, -0.05) is 77.1 Å². The minimum atomic E-state index is -0.0704. The average molecular weight is 536 g/mol. The van der Waals surface area contributed by atoms with E-state index in [1.807, 2.05) is 44.2 Å². The third kappa shape index (κ3) is 5.77. The van der Waals surface area contributed by atoms with E-state index in [0.717, 1.165) is 44.8 Å². The van der Waals surface area contributed by atoms with Crippen LogP contribution in [0.4, 0.5) is 5.69 Å². The highest BCUT2D eigenvalue weighted by Crippen LogP contribution is 2.27. The lowest BCUT2D eigenvalue weighted by atomic mass is 10.1. The molecule has 1 amide bonds. The van der Waals surface area contributed by atoms with Crippen molar-refractivity contribution in [2.24, 2.45) is 0 Å². The quantitative estimate of drug-likeness (QED) is 0.261. The summed E-state index contributed by atoms with van der Waals surface area (Å²) in [5.41, 5.74) is 6.34. The predicted molar refractivity (Wildman–Crippen MR) is 143 cm³/mol. The third-order valence-electron chi connectivity index (χ3n) is 5.60. The van der Waals surface area contributed by atoms with Crippen LogP contribution in [0.5, 0.6) is 0 Å². The highest BCUT2D eigenvalue weighted by molar-refractivity contribution is 9.10. The molecule has 3 aromatic carbocycles. The van der Waals surface area contributed by atoms with Crippen molar-refractivity contribution >= 4 is 39.3 Å². The highest BCUT2D eigenvalue weighted by Gasteiger charge is 2.17. The van der Waals surface area contributed by atoms with Crippen molar-refractivity contribution < 1.29 is 4.79 Å². The van der Waals surface area contributed by atoms with Gasteiger partial charge in [-0.3, -0.25) is 9.36 Å². The molecule has 7 heteroatoms. The van der Waals surface area contributed by atoms with Crippen LogP contribution in [0.25, 0.3) is 5.69 Å². The van der Waals surface area contributed by atoms with Gasteiger partial charge in [-0.05, 0) is 66.8 Å². The second-order valence-corrected chi connectivity index (χ2v) is 10.0. The van der Waals surface area contributed by atoms with E-state index in [-0.39, 0.29) is 11.7 Å². The summed E-state index contributed by atoms with van der Waals surface area (Å²) in [5, 5.41) is 12.7. The molecule has 0 saturated heterocycles. The predicted octanol–water partition coefficient (Wildman–Crippen LogP) is 6.53. The number of nitrogens with one attached hydrogen (secondary N) is 1. The number of hydrogen-bond acceptors (Lipinski definition) is 4. The largest absolute Gasteiger partial charge is 0.325 e. The summed E-state index contributed by atoms with van der Waals surface area (Å²) in [4.78, 5) is 12.8. The monoisotopic (exact) mass is 534 g/mol. The van der Waals surface area contributed by atoms with E-state index in [2.05, 4.69) is 79.3 Å². The van der Waals surface area contributed by atoms with Crippen LogP contribution in [-0.2, 0) is 17.6 Å². The number of carbonyl (C=O) groups excluding carboxylic acids is 1. The van der Waals surface area contributed by atoms with Crippen molar-refractivity contribution in [1.29, 1.82) is 0 Å². The maximum Gasteiger partial charge on any atom is 0.234 e. The number of thioether (sulfide) groups is 1. The van der Waals surface area contributed by atoms with Crippen molar-refractivity contribution in [3.05, 3.63) is 99.3 Å². The van der Waals surface area contributed by atoms with Gasteiger partial charge in [0.15, 0.2) is 5.16 Å². The van der Waals surface area contributed by atoms with Gasteiger partial charge in [0, 0.05) is 22.3 Å². The normalized spacial score (nSPS) is 10.9. The van der Waals surface area contributed by atoms with Crippen molar-refractivity contribution in [2.45, 2.75) is 38.8 Å². The molecule has 0 fully saturated rings. The summed E-state index contributed by atoms with van der Waals surface area (Å²) >= 11 is 4.90. The summed E-state index contributed by atoms with van der Waals surface area (Å²) in [5.74, 6) is 1.02. The van der Waals surface area contributed by atoms with Gasteiger partial charge < -0.3 is 5.32 Å². The SMILES string of the molecule is CCc1ccc(-n2c(Cc3ccccc3)nnc2SCC(=O)Nc2c(C)cc(Br)cc2C)cc1. The zero-order valence-corrected chi connectivity index (χ0v) is 21.9. The maximum absolute atomic E-state index is 12.8. The molecular formula is C27H27BrN4OS. The Morgan fingerprint density at radius 3 is 2.29 bits per heavy atom. The first-order valence-electron chi connectivity index (χ1n) is 11.2. The number of rotatable bonds is 8. The molecule has 5 nitrogen and oxygen atoms in total. The summed E-state index contributed by atoms with van der Waals surface area (Å²) in [6.07, 6.45) is 1.64. The van der Waals surface area contributed by atoms with Crippen LogP contribution in [-0.4, -0.2) is 26.4 Å². The fourth-order valence-electron chi connectivity index (χ4n) is 3.84. The van der Waals surface area contributed by atoms with Crippen molar-refractivity contribution in [2.75, 3.05) is 11.1 Å². The standard InChI is InChI=1S/C27H27BrN4OS/c1-4-20-10-12-23(13-11-20)32-24(16-21-8-6-5-7-9-21)30-31-27(32)34-17-25(33)29-26-18(2)14-22(28)15-19(26)3/h5-15H,4,16-17H2,1-3H3,(H,29,33). The van der Waals surface area contributed by atoms with Crippen LogP contribution in [0, 0.1) is 13.8 Å². The van der Waals surface area contributed by atoms with Crippen molar-refractivity contribution in [3.63, 3.8) is 0 Å². The van der Waals surface area contributed by atoms with Crippen molar-refractivity contribution in [3.8, 4) is 5.69 Å². The molecule has 0 aliphatic heterocycles. The molecule has 0 spiro atoms. The molecule has 1 N–H and O–H groups in total. The Morgan fingerprint density at radius 1 is 0.971 bits per heavy atom. The third-order valence-corrected chi connectivity index (χ3v) is 6.99. The number of halogens is 1. The van der Waals surface area contributed by atoms with E-state index in [9.17, 15) is 4.79 Å². The molecule has 4 rings (SSSR count). The van der Waals surface area contributed by atoms with E-state index in [1.54, 1.807) is 0 Å². The molecule has 4 aromatic rings. The first-order chi connectivity index (χ1) is 16.4. The molecule has 0 saturated carbocycles. The molecular weight excluding hydrogens is 508 g/mol. The smallest absolute Gasteiger partial charge is 0.234 e. The van der Waals surface area contributed by atoms with Gasteiger partial charge >= 0.3 is 0 Å². The fraction of sp³-hybridized carbons (Fsp3) is 0.222. The van der Waals surface area contributed by atoms with Crippen LogP contribution >= 0.6 is 27.7 Å². The number of aromatic nitrogens is 3. The number of nitrogens with zero attached hydrogens (tertiary/aromatic N) is 3. The Labute approximate surface area is 213 Å². The van der Waals surface area contributed by atoms with Crippen LogP contribution in [0.15, 0.2) is 76.4 Å². The molecule has 174 valence electrons. The van der Waals surface area contributed by atoms with Crippen LogP contribution in [0.3, 0.4) is 0 Å². The number of amides is 1. The average Bonchev–Trinajstić information content (AvgIpc) is 3.23. The zero-order chi connectivity index (χ0) is 24.1. The molecule has 1 heterocycles.